The number of rotatable bonds is 4. The fraction of sp³-hybridized carbons (Fsp3) is 0.308. The van der Waals surface area contributed by atoms with E-state index in [1.54, 1.807) is 57.0 Å². The summed E-state index contributed by atoms with van der Waals surface area (Å²) < 4.78 is 5.14. The third kappa shape index (κ3) is 13.6. The van der Waals surface area contributed by atoms with Crippen LogP contribution < -0.4 is 21.7 Å². The van der Waals surface area contributed by atoms with Crippen LogP contribution in [0.15, 0.2) is 55.0 Å². The molecular formula is C26H34ClN9O2. The van der Waals surface area contributed by atoms with Gasteiger partial charge in [-0.2, -0.15) is 10.5 Å². The summed E-state index contributed by atoms with van der Waals surface area (Å²) in [5, 5.41) is 25.6. The second kappa shape index (κ2) is 18.8. The van der Waals surface area contributed by atoms with Gasteiger partial charge >= 0.3 is 6.09 Å². The number of hydrogen-bond acceptors (Lipinski definition) is 10. The highest BCUT2D eigenvalue weighted by molar-refractivity contribution is 6.30. The number of anilines is 2. The normalized spacial score (nSPS) is 9.21. The molecule has 0 fully saturated rings. The van der Waals surface area contributed by atoms with Gasteiger partial charge in [-0.05, 0) is 58.2 Å². The Morgan fingerprint density at radius 1 is 0.921 bits per heavy atom. The van der Waals surface area contributed by atoms with E-state index in [0.717, 1.165) is 11.4 Å². The van der Waals surface area contributed by atoms with E-state index in [1.165, 1.54) is 7.05 Å². The number of nitrogens with one attached hydrogen (secondary N) is 3. The summed E-state index contributed by atoms with van der Waals surface area (Å²) in [6.45, 7) is 5.87. The first-order valence-electron chi connectivity index (χ1n) is 11.3. The van der Waals surface area contributed by atoms with E-state index in [4.69, 9.17) is 26.9 Å². The number of carbonyl (C=O) groups excluding carboxylic acids is 1. The molecule has 0 radical (unpaired) electrons. The highest BCUT2D eigenvalue weighted by Crippen LogP contribution is 2.11. The molecule has 3 heterocycles. The van der Waals surface area contributed by atoms with Crippen molar-refractivity contribution in [1.29, 1.82) is 10.5 Å². The van der Waals surface area contributed by atoms with E-state index in [0.29, 0.717) is 23.5 Å². The van der Waals surface area contributed by atoms with Crippen LogP contribution in [0.1, 0.15) is 37.5 Å². The Hall–Kier alpha value is -4.45. The zero-order chi connectivity index (χ0) is 29.0. The van der Waals surface area contributed by atoms with Crippen molar-refractivity contribution < 1.29 is 9.53 Å². The van der Waals surface area contributed by atoms with Crippen molar-refractivity contribution in [3.8, 4) is 12.1 Å². The van der Waals surface area contributed by atoms with E-state index >= 15 is 0 Å². The van der Waals surface area contributed by atoms with Crippen LogP contribution in [0.2, 0.25) is 5.15 Å². The van der Waals surface area contributed by atoms with E-state index in [-0.39, 0.29) is 5.15 Å². The van der Waals surface area contributed by atoms with Gasteiger partial charge in [0.1, 0.15) is 34.5 Å². The zero-order valence-electron chi connectivity index (χ0n) is 22.4. The molecule has 0 aliphatic carbocycles. The molecule has 0 saturated carbocycles. The fourth-order valence-corrected chi connectivity index (χ4v) is 2.61. The number of pyridine rings is 3. The molecule has 0 saturated heterocycles. The van der Waals surface area contributed by atoms with Gasteiger partial charge in [0.2, 0.25) is 0 Å². The van der Waals surface area contributed by atoms with Crippen LogP contribution in [0.5, 0.6) is 0 Å². The number of aromatic nitrogens is 3. The third-order valence-electron chi connectivity index (χ3n) is 3.99. The molecule has 0 aromatic carbocycles. The summed E-state index contributed by atoms with van der Waals surface area (Å²) in [6, 6.07) is 14.4. The molecular weight excluding hydrogens is 506 g/mol. The summed E-state index contributed by atoms with van der Waals surface area (Å²) >= 11 is 5.49. The maximum atomic E-state index is 11.5. The van der Waals surface area contributed by atoms with Gasteiger partial charge in [-0.25, -0.2) is 19.7 Å². The first kappa shape index (κ1) is 33.5. The molecule has 0 unspecified atom stereocenters. The number of hydrogen-bond donors (Lipinski definition) is 4. The number of carbonyl (C=O) groups is 1. The lowest BCUT2D eigenvalue weighted by molar-refractivity contribution is 0.0523. The molecule has 38 heavy (non-hydrogen) atoms. The van der Waals surface area contributed by atoms with Gasteiger partial charge in [0, 0.05) is 44.8 Å². The molecule has 3 aromatic rings. The van der Waals surface area contributed by atoms with Crippen LogP contribution in [-0.2, 0) is 11.3 Å². The minimum atomic E-state index is -0.481. The summed E-state index contributed by atoms with van der Waals surface area (Å²) in [6.07, 6.45) is 4.46. The largest absolute Gasteiger partial charge is 0.444 e. The molecule has 3 rings (SSSR count). The minimum absolute atomic E-state index is 0.264. The van der Waals surface area contributed by atoms with Crippen molar-refractivity contribution in [2.24, 2.45) is 5.73 Å². The van der Waals surface area contributed by atoms with Crippen LogP contribution in [0, 0.1) is 22.7 Å². The van der Waals surface area contributed by atoms with Gasteiger partial charge < -0.3 is 26.4 Å². The van der Waals surface area contributed by atoms with Gasteiger partial charge in [-0.1, -0.05) is 17.7 Å². The Morgan fingerprint density at radius 2 is 1.42 bits per heavy atom. The number of halogens is 1. The molecule has 12 heteroatoms. The second-order valence-corrected chi connectivity index (χ2v) is 8.19. The number of amides is 1. The van der Waals surface area contributed by atoms with Gasteiger partial charge in [-0.15, -0.1) is 0 Å². The van der Waals surface area contributed by atoms with Crippen LogP contribution in [0.25, 0.3) is 0 Å². The van der Waals surface area contributed by atoms with Crippen molar-refractivity contribution in [2.45, 2.75) is 32.9 Å². The van der Waals surface area contributed by atoms with Crippen LogP contribution in [0.4, 0.5) is 16.4 Å². The van der Waals surface area contributed by atoms with Gasteiger partial charge in [0.15, 0.2) is 0 Å². The SMILES string of the molecule is CN.CNc1ncccc1C#N.CNc1ncccc1CNC(=O)OC(C)(C)C.N#Cc1cccnc1Cl. The molecule has 0 aliphatic heterocycles. The molecule has 0 spiro atoms. The molecule has 0 aliphatic rings. The van der Waals surface area contributed by atoms with Crippen molar-refractivity contribution in [3.05, 3.63) is 76.8 Å². The number of nitrogens with zero attached hydrogens (tertiary/aromatic N) is 5. The summed E-state index contributed by atoms with van der Waals surface area (Å²) in [5.41, 5.74) is 5.93. The highest BCUT2D eigenvalue weighted by atomic mass is 35.5. The molecule has 202 valence electrons. The molecule has 3 aromatic heterocycles. The lowest BCUT2D eigenvalue weighted by Crippen LogP contribution is -2.32. The van der Waals surface area contributed by atoms with Gasteiger partial charge in [0.05, 0.1) is 11.1 Å². The van der Waals surface area contributed by atoms with E-state index in [2.05, 4.69) is 36.6 Å². The summed E-state index contributed by atoms with van der Waals surface area (Å²) in [5.74, 6) is 1.38. The van der Waals surface area contributed by atoms with Crippen molar-refractivity contribution in [2.75, 3.05) is 31.8 Å². The maximum absolute atomic E-state index is 11.5. The average molecular weight is 540 g/mol. The molecule has 5 N–H and O–H groups in total. The molecule has 0 atom stereocenters. The first-order valence-corrected chi connectivity index (χ1v) is 11.7. The lowest BCUT2D eigenvalue weighted by atomic mass is 10.2. The Morgan fingerprint density at radius 3 is 1.87 bits per heavy atom. The highest BCUT2D eigenvalue weighted by Gasteiger charge is 2.16. The molecule has 11 nitrogen and oxygen atoms in total. The Balaban J connectivity index is 0.000000557. The first-order chi connectivity index (χ1) is 18.1. The monoisotopic (exact) mass is 539 g/mol. The number of alkyl carbamates (subject to hydrolysis) is 1. The van der Waals surface area contributed by atoms with E-state index < -0.39 is 11.7 Å². The van der Waals surface area contributed by atoms with E-state index in [9.17, 15) is 4.79 Å². The summed E-state index contributed by atoms with van der Waals surface area (Å²) in [4.78, 5) is 23.2. The second-order valence-electron chi connectivity index (χ2n) is 7.83. The fourth-order valence-electron chi connectivity index (χ4n) is 2.45. The summed E-state index contributed by atoms with van der Waals surface area (Å²) in [7, 11) is 5.03. The minimum Gasteiger partial charge on any atom is -0.444 e. The van der Waals surface area contributed by atoms with Crippen molar-refractivity contribution in [3.63, 3.8) is 0 Å². The number of nitriles is 2. The predicted octanol–water partition coefficient (Wildman–Crippen LogP) is 4.32. The van der Waals surface area contributed by atoms with Crippen LogP contribution in [0.3, 0.4) is 0 Å². The van der Waals surface area contributed by atoms with Gasteiger partial charge in [-0.3, -0.25) is 0 Å². The smallest absolute Gasteiger partial charge is 0.407 e. The number of nitrogens with two attached hydrogens (primary N) is 1. The lowest BCUT2D eigenvalue weighted by Gasteiger charge is -2.19. The molecule has 0 bridgehead atoms. The zero-order valence-corrected chi connectivity index (χ0v) is 23.2. The Kier molecular flexibility index (Phi) is 16.6. The van der Waals surface area contributed by atoms with Crippen molar-refractivity contribution >= 4 is 29.3 Å². The van der Waals surface area contributed by atoms with Crippen LogP contribution in [-0.4, -0.2) is 47.8 Å². The quantitative estimate of drug-likeness (QED) is 0.349. The maximum Gasteiger partial charge on any atom is 0.407 e. The molecule has 1 amide bonds. The predicted molar refractivity (Wildman–Crippen MR) is 149 cm³/mol. The van der Waals surface area contributed by atoms with E-state index in [1.807, 2.05) is 45.0 Å². The topological polar surface area (TPSA) is 175 Å². The van der Waals surface area contributed by atoms with Gasteiger partial charge in [0.25, 0.3) is 0 Å². The Labute approximate surface area is 229 Å². The third-order valence-corrected chi connectivity index (χ3v) is 4.30. The standard InChI is InChI=1S/C12H19N3O2.C7H7N3.C6H3ClN2.CH5N/c1-12(2,3)17-11(16)15-8-9-6-5-7-14-10(9)13-4;1-9-7-6(5-8)3-2-4-10-7;7-6-5(4-8)2-1-3-9-6;1-2/h5-7H,8H2,1-4H3,(H,13,14)(H,15,16);2-4H,1H3,(H,9,10);1-3H;2H2,1H3. The number of ether oxygens (including phenoxy) is 1. The average Bonchev–Trinajstić information content (AvgIpc) is 2.93. The van der Waals surface area contributed by atoms with Crippen molar-refractivity contribution in [1.82, 2.24) is 20.3 Å². The Bertz CT molecular complexity index is 1200. The van der Waals surface area contributed by atoms with Crippen LogP contribution >= 0.6 is 11.6 Å².